The minimum absolute atomic E-state index is 0.392. The Morgan fingerprint density at radius 3 is 3.00 bits per heavy atom. The number of aromatic amines is 1. The molecular weight excluding hydrogens is 286 g/mol. The third-order valence-corrected chi connectivity index (χ3v) is 5.03. The zero-order valence-corrected chi connectivity index (χ0v) is 13.3. The van der Waals surface area contributed by atoms with E-state index in [0.29, 0.717) is 5.92 Å². The third kappa shape index (κ3) is 2.70. The molecule has 1 saturated heterocycles. The summed E-state index contributed by atoms with van der Waals surface area (Å²) >= 11 is 0. The van der Waals surface area contributed by atoms with Crippen LogP contribution in [0.25, 0.3) is 0 Å². The van der Waals surface area contributed by atoms with Crippen molar-refractivity contribution in [2.45, 2.75) is 44.4 Å². The van der Waals surface area contributed by atoms with Gasteiger partial charge in [-0.1, -0.05) is 0 Å². The SMILES string of the molecule is N#Cc1cc2c(nc1N1CCC[C@H](c3ncc[nH]3)C1)CCCC2. The Balaban J connectivity index is 1.65. The van der Waals surface area contributed by atoms with E-state index in [-0.39, 0.29) is 0 Å². The van der Waals surface area contributed by atoms with Crippen molar-refractivity contribution in [3.05, 3.63) is 41.1 Å². The number of hydrogen-bond acceptors (Lipinski definition) is 4. The molecule has 1 aliphatic carbocycles. The number of imidazole rings is 1. The van der Waals surface area contributed by atoms with Crippen molar-refractivity contribution >= 4 is 5.82 Å². The van der Waals surface area contributed by atoms with E-state index in [9.17, 15) is 5.26 Å². The molecular formula is C18H21N5. The molecule has 4 rings (SSSR count). The highest BCUT2D eigenvalue weighted by Gasteiger charge is 2.26. The number of piperidine rings is 1. The summed E-state index contributed by atoms with van der Waals surface area (Å²) in [6, 6.07) is 4.44. The molecule has 0 spiro atoms. The predicted molar refractivity (Wildman–Crippen MR) is 88.4 cm³/mol. The smallest absolute Gasteiger partial charge is 0.146 e. The van der Waals surface area contributed by atoms with Crippen molar-refractivity contribution in [3.63, 3.8) is 0 Å². The summed E-state index contributed by atoms with van der Waals surface area (Å²) in [7, 11) is 0. The number of aryl methyl sites for hydroxylation is 2. The van der Waals surface area contributed by atoms with Gasteiger partial charge in [-0.2, -0.15) is 5.26 Å². The summed E-state index contributed by atoms with van der Waals surface area (Å²) in [5, 5.41) is 9.57. The van der Waals surface area contributed by atoms with Crippen LogP contribution in [0.4, 0.5) is 5.82 Å². The van der Waals surface area contributed by atoms with E-state index in [1.807, 2.05) is 12.4 Å². The van der Waals surface area contributed by atoms with Gasteiger partial charge in [-0.3, -0.25) is 0 Å². The number of pyridine rings is 1. The fraction of sp³-hybridized carbons (Fsp3) is 0.500. The highest BCUT2D eigenvalue weighted by atomic mass is 15.2. The monoisotopic (exact) mass is 307 g/mol. The second kappa shape index (κ2) is 6.04. The lowest BCUT2D eigenvalue weighted by molar-refractivity contribution is 0.490. The lowest BCUT2D eigenvalue weighted by Gasteiger charge is -2.34. The van der Waals surface area contributed by atoms with Crippen LogP contribution in [-0.4, -0.2) is 28.0 Å². The second-order valence-electron chi connectivity index (χ2n) is 6.54. The summed E-state index contributed by atoms with van der Waals surface area (Å²) < 4.78 is 0. The number of hydrogen-bond donors (Lipinski definition) is 1. The van der Waals surface area contributed by atoms with Crippen molar-refractivity contribution < 1.29 is 0 Å². The molecule has 0 unspecified atom stereocenters. The average molecular weight is 307 g/mol. The van der Waals surface area contributed by atoms with Gasteiger partial charge in [0.25, 0.3) is 0 Å². The molecule has 0 saturated carbocycles. The zero-order valence-electron chi connectivity index (χ0n) is 13.3. The van der Waals surface area contributed by atoms with Crippen LogP contribution in [0.2, 0.25) is 0 Å². The number of H-pyrrole nitrogens is 1. The number of nitrogens with one attached hydrogen (secondary N) is 1. The van der Waals surface area contributed by atoms with Crippen molar-refractivity contribution in [1.82, 2.24) is 15.0 Å². The van der Waals surface area contributed by atoms with Gasteiger partial charge in [0.05, 0.1) is 5.56 Å². The van der Waals surface area contributed by atoms with E-state index < -0.39 is 0 Å². The van der Waals surface area contributed by atoms with Gasteiger partial charge in [-0.05, 0) is 50.2 Å². The van der Waals surface area contributed by atoms with E-state index in [1.165, 1.54) is 24.1 Å². The summed E-state index contributed by atoms with van der Waals surface area (Å²) in [6.45, 7) is 1.85. The van der Waals surface area contributed by atoms with Gasteiger partial charge in [-0.15, -0.1) is 0 Å². The van der Waals surface area contributed by atoms with Gasteiger partial charge in [0, 0.05) is 37.1 Å². The summed E-state index contributed by atoms with van der Waals surface area (Å²) in [5.41, 5.74) is 3.20. The first-order valence-electron chi connectivity index (χ1n) is 8.52. The van der Waals surface area contributed by atoms with Gasteiger partial charge >= 0.3 is 0 Å². The molecule has 3 heterocycles. The molecule has 2 aliphatic rings. The predicted octanol–water partition coefficient (Wildman–Crippen LogP) is 2.94. The average Bonchev–Trinajstić information content (AvgIpc) is 3.15. The van der Waals surface area contributed by atoms with Crippen molar-refractivity contribution in [2.75, 3.05) is 18.0 Å². The van der Waals surface area contributed by atoms with Crippen LogP contribution in [0.5, 0.6) is 0 Å². The number of fused-ring (bicyclic) bond motifs is 1. The third-order valence-electron chi connectivity index (χ3n) is 5.03. The van der Waals surface area contributed by atoms with Gasteiger partial charge in [0.15, 0.2) is 0 Å². The summed E-state index contributed by atoms with van der Waals surface area (Å²) in [4.78, 5) is 14.8. The van der Waals surface area contributed by atoms with Gasteiger partial charge < -0.3 is 9.88 Å². The Kier molecular flexibility index (Phi) is 3.74. The van der Waals surface area contributed by atoms with Gasteiger partial charge in [0.2, 0.25) is 0 Å². The Morgan fingerprint density at radius 2 is 2.17 bits per heavy atom. The number of rotatable bonds is 2. The topological polar surface area (TPSA) is 68.6 Å². The van der Waals surface area contributed by atoms with Crippen LogP contribution in [0.15, 0.2) is 18.5 Å². The van der Waals surface area contributed by atoms with E-state index in [4.69, 9.17) is 4.98 Å². The van der Waals surface area contributed by atoms with E-state index in [0.717, 1.165) is 56.0 Å². The molecule has 1 fully saturated rings. The molecule has 0 aromatic carbocycles. The van der Waals surface area contributed by atoms with Crippen LogP contribution in [0.1, 0.15) is 54.2 Å². The summed E-state index contributed by atoms with van der Waals surface area (Å²) in [5.74, 6) is 2.32. The number of anilines is 1. The molecule has 1 N–H and O–H groups in total. The zero-order chi connectivity index (χ0) is 15.6. The van der Waals surface area contributed by atoms with Gasteiger partial charge in [0.1, 0.15) is 17.7 Å². The normalized spacial score (nSPS) is 20.8. The fourth-order valence-corrected chi connectivity index (χ4v) is 3.84. The Hall–Kier alpha value is -2.35. The highest BCUT2D eigenvalue weighted by Crippen LogP contribution is 2.31. The first kappa shape index (κ1) is 14.3. The second-order valence-corrected chi connectivity index (χ2v) is 6.54. The van der Waals surface area contributed by atoms with E-state index in [1.54, 1.807) is 0 Å². The maximum atomic E-state index is 9.57. The lowest BCUT2D eigenvalue weighted by atomic mass is 9.93. The maximum Gasteiger partial charge on any atom is 0.146 e. The molecule has 118 valence electrons. The number of nitriles is 1. The lowest BCUT2D eigenvalue weighted by Crippen LogP contribution is -2.36. The molecule has 2 aromatic rings. The highest BCUT2D eigenvalue weighted by molar-refractivity contribution is 5.57. The molecule has 2 aromatic heterocycles. The first-order valence-corrected chi connectivity index (χ1v) is 8.52. The van der Waals surface area contributed by atoms with Crippen molar-refractivity contribution in [2.24, 2.45) is 0 Å². The molecule has 1 aliphatic heterocycles. The van der Waals surface area contributed by atoms with Crippen LogP contribution < -0.4 is 4.90 Å². The van der Waals surface area contributed by atoms with Crippen LogP contribution in [0.3, 0.4) is 0 Å². The maximum absolute atomic E-state index is 9.57. The minimum atomic E-state index is 0.392. The van der Waals surface area contributed by atoms with Crippen molar-refractivity contribution in [3.8, 4) is 6.07 Å². The van der Waals surface area contributed by atoms with Gasteiger partial charge in [-0.25, -0.2) is 9.97 Å². The number of nitrogens with zero attached hydrogens (tertiary/aromatic N) is 4. The molecule has 5 heteroatoms. The number of aromatic nitrogens is 3. The van der Waals surface area contributed by atoms with Crippen LogP contribution in [-0.2, 0) is 12.8 Å². The first-order chi connectivity index (χ1) is 11.3. The minimum Gasteiger partial charge on any atom is -0.355 e. The molecule has 0 amide bonds. The van der Waals surface area contributed by atoms with E-state index in [2.05, 4.69) is 27.0 Å². The molecule has 23 heavy (non-hydrogen) atoms. The largest absolute Gasteiger partial charge is 0.355 e. The standard InChI is InChI=1S/C18H21N5/c19-11-15-10-13-4-1-2-6-16(13)22-18(15)23-9-3-5-14(12-23)17-20-7-8-21-17/h7-8,10,14H,1-6,9,12H2,(H,20,21)/t14-/m0/s1. The van der Waals surface area contributed by atoms with Crippen LogP contribution in [0, 0.1) is 11.3 Å². The summed E-state index contributed by atoms with van der Waals surface area (Å²) in [6.07, 6.45) is 10.5. The Morgan fingerprint density at radius 1 is 1.26 bits per heavy atom. The quantitative estimate of drug-likeness (QED) is 0.926. The van der Waals surface area contributed by atoms with Crippen LogP contribution >= 0.6 is 0 Å². The van der Waals surface area contributed by atoms with Crippen molar-refractivity contribution in [1.29, 1.82) is 5.26 Å². The van der Waals surface area contributed by atoms with E-state index >= 15 is 0 Å². The Bertz CT molecular complexity index is 729. The molecule has 5 nitrogen and oxygen atoms in total. The molecule has 0 radical (unpaired) electrons. The molecule has 1 atom stereocenters. The molecule has 0 bridgehead atoms. The Labute approximate surface area is 136 Å². The fourth-order valence-electron chi connectivity index (χ4n) is 3.84.